The summed E-state index contributed by atoms with van der Waals surface area (Å²) >= 11 is 3.39. The first-order valence-electron chi connectivity index (χ1n) is 3.48. The first-order chi connectivity index (χ1) is 5.83. The summed E-state index contributed by atoms with van der Waals surface area (Å²) in [5.41, 5.74) is 0.923. The number of methoxy groups -OCH3 is 1. The van der Waals surface area contributed by atoms with E-state index in [1.54, 1.807) is 13.3 Å². The van der Waals surface area contributed by atoms with E-state index in [1.165, 1.54) is 0 Å². The van der Waals surface area contributed by atoms with Crippen LogP contribution in [-0.4, -0.2) is 17.3 Å². The van der Waals surface area contributed by atoms with Crippen molar-refractivity contribution >= 4 is 26.8 Å². The lowest BCUT2D eigenvalue weighted by atomic mass is 10.2. The van der Waals surface area contributed by atoms with Crippen LogP contribution in [0.5, 0.6) is 5.75 Å². The van der Waals surface area contributed by atoms with Gasteiger partial charge in [-0.25, -0.2) is 0 Å². The number of halogens is 1. The Bertz CT molecular complexity index is 410. The topological polar surface area (TPSA) is 37.9 Å². The fourth-order valence-corrected chi connectivity index (χ4v) is 1.65. The smallest absolute Gasteiger partial charge is 0.158 e. The molecule has 62 valence electrons. The highest BCUT2D eigenvalue weighted by atomic mass is 79.9. The third kappa shape index (κ3) is 0.992. The lowest BCUT2D eigenvalue weighted by molar-refractivity contribution is 0.416. The van der Waals surface area contributed by atoms with E-state index in [-0.39, 0.29) is 0 Å². The Hall–Kier alpha value is -1.03. The number of nitrogens with one attached hydrogen (secondary N) is 1. The van der Waals surface area contributed by atoms with E-state index in [4.69, 9.17) is 4.74 Å². The molecule has 0 saturated heterocycles. The van der Waals surface area contributed by atoms with Crippen molar-refractivity contribution in [2.24, 2.45) is 0 Å². The van der Waals surface area contributed by atoms with Crippen molar-refractivity contribution in [3.63, 3.8) is 0 Å². The molecular weight excluding hydrogens is 220 g/mol. The summed E-state index contributed by atoms with van der Waals surface area (Å²) in [4.78, 5) is 0. The second kappa shape index (κ2) is 2.79. The zero-order chi connectivity index (χ0) is 8.55. The lowest BCUT2D eigenvalue weighted by Crippen LogP contribution is -1.85. The van der Waals surface area contributed by atoms with Crippen LogP contribution in [0.3, 0.4) is 0 Å². The van der Waals surface area contributed by atoms with Gasteiger partial charge in [0.1, 0.15) is 5.52 Å². The Morgan fingerprint density at radius 3 is 3.08 bits per heavy atom. The van der Waals surface area contributed by atoms with Gasteiger partial charge in [-0.15, -0.1) is 0 Å². The first-order valence-corrected chi connectivity index (χ1v) is 4.28. The normalized spacial score (nSPS) is 10.5. The summed E-state index contributed by atoms with van der Waals surface area (Å²) in [5, 5.41) is 7.85. The maximum atomic E-state index is 5.20. The molecule has 0 unspecified atom stereocenters. The summed E-state index contributed by atoms with van der Waals surface area (Å²) in [6.45, 7) is 0. The van der Waals surface area contributed by atoms with Gasteiger partial charge in [0.2, 0.25) is 0 Å². The Labute approximate surface area is 77.9 Å². The number of nitrogens with zero attached hydrogens (tertiary/aromatic N) is 1. The van der Waals surface area contributed by atoms with Crippen LogP contribution >= 0.6 is 15.9 Å². The highest BCUT2D eigenvalue weighted by Gasteiger charge is 2.06. The van der Waals surface area contributed by atoms with Crippen LogP contribution in [0.2, 0.25) is 0 Å². The molecule has 1 aromatic heterocycles. The molecule has 0 bridgehead atoms. The van der Waals surface area contributed by atoms with Gasteiger partial charge in [0.25, 0.3) is 0 Å². The number of benzene rings is 1. The van der Waals surface area contributed by atoms with Crippen molar-refractivity contribution in [3.05, 3.63) is 22.8 Å². The van der Waals surface area contributed by atoms with Gasteiger partial charge in [-0.2, -0.15) is 5.10 Å². The predicted octanol–water partition coefficient (Wildman–Crippen LogP) is 2.33. The molecule has 3 nitrogen and oxygen atoms in total. The Morgan fingerprint density at radius 1 is 1.50 bits per heavy atom. The summed E-state index contributed by atoms with van der Waals surface area (Å²) in [6, 6.07) is 3.92. The second-order valence-corrected chi connectivity index (χ2v) is 3.27. The van der Waals surface area contributed by atoms with Crippen LogP contribution < -0.4 is 4.74 Å². The summed E-state index contributed by atoms with van der Waals surface area (Å²) in [7, 11) is 1.64. The van der Waals surface area contributed by atoms with Crippen molar-refractivity contribution in [1.29, 1.82) is 0 Å². The van der Waals surface area contributed by atoms with E-state index >= 15 is 0 Å². The fraction of sp³-hybridized carbons (Fsp3) is 0.125. The Balaban J connectivity index is 2.83. The number of aromatic amines is 1. The molecule has 0 atom stereocenters. The van der Waals surface area contributed by atoms with Crippen LogP contribution in [0.15, 0.2) is 22.8 Å². The van der Waals surface area contributed by atoms with Crippen LogP contribution in [0.4, 0.5) is 0 Å². The molecule has 2 aromatic rings. The minimum atomic E-state index is 0.796. The summed E-state index contributed by atoms with van der Waals surface area (Å²) < 4.78 is 6.13. The minimum Gasteiger partial charge on any atom is -0.493 e. The Morgan fingerprint density at radius 2 is 2.33 bits per heavy atom. The average molecular weight is 227 g/mol. The van der Waals surface area contributed by atoms with E-state index in [1.807, 2.05) is 12.1 Å². The van der Waals surface area contributed by atoms with Crippen LogP contribution in [-0.2, 0) is 0 Å². The molecule has 0 amide bonds. The van der Waals surface area contributed by atoms with E-state index in [2.05, 4.69) is 26.1 Å². The number of ether oxygens (including phenoxy) is 1. The quantitative estimate of drug-likeness (QED) is 0.811. The van der Waals surface area contributed by atoms with E-state index in [0.717, 1.165) is 21.1 Å². The third-order valence-electron chi connectivity index (χ3n) is 1.73. The molecule has 0 aliphatic heterocycles. The van der Waals surface area contributed by atoms with Crippen molar-refractivity contribution < 1.29 is 4.74 Å². The van der Waals surface area contributed by atoms with Crippen LogP contribution in [0.1, 0.15) is 0 Å². The van der Waals surface area contributed by atoms with Crippen LogP contribution in [0.25, 0.3) is 10.9 Å². The molecule has 0 fully saturated rings. The number of hydrogen-bond acceptors (Lipinski definition) is 2. The number of H-pyrrole nitrogens is 1. The van der Waals surface area contributed by atoms with Gasteiger partial charge < -0.3 is 4.74 Å². The van der Waals surface area contributed by atoms with Gasteiger partial charge in [-0.1, -0.05) is 0 Å². The number of hydrogen-bond donors (Lipinski definition) is 1. The SMILES string of the molecule is COc1c(Br)ccc2cn[nH]c12. The molecular formula is C8H7BrN2O. The van der Waals surface area contributed by atoms with Crippen molar-refractivity contribution in [2.75, 3.05) is 7.11 Å². The molecule has 0 aliphatic carbocycles. The van der Waals surface area contributed by atoms with Gasteiger partial charge >= 0.3 is 0 Å². The summed E-state index contributed by atoms with van der Waals surface area (Å²) in [6.07, 6.45) is 1.77. The highest BCUT2D eigenvalue weighted by molar-refractivity contribution is 9.10. The third-order valence-corrected chi connectivity index (χ3v) is 2.35. The van der Waals surface area contributed by atoms with Crippen molar-refractivity contribution in [1.82, 2.24) is 10.2 Å². The standard InChI is InChI=1S/C8H7BrN2O/c1-12-8-6(9)3-2-5-4-10-11-7(5)8/h2-4H,1H3,(H,10,11). The average Bonchev–Trinajstić information content (AvgIpc) is 2.52. The monoisotopic (exact) mass is 226 g/mol. The van der Waals surface area contributed by atoms with E-state index < -0.39 is 0 Å². The van der Waals surface area contributed by atoms with Crippen molar-refractivity contribution in [3.8, 4) is 5.75 Å². The van der Waals surface area contributed by atoms with E-state index in [0.29, 0.717) is 0 Å². The molecule has 1 N–H and O–H groups in total. The molecule has 4 heteroatoms. The zero-order valence-electron chi connectivity index (χ0n) is 6.47. The Kier molecular flexibility index (Phi) is 1.77. The first kappa shape index (κ1) is 7.61. The molecule has 1 aromatic carbocycles. The fourth-order valence-electron chi connectivity index (χ4n) is 1.16. The molecule has 0 radical (unpaired) electrons. The molecule has 2 rings (SSSR count). The molecule has 0 spiro atoms. The van der Waals surface area contributed by atoms with Gasteiger partial charge in [-0.3, -0.25) is 5.10 Å². The lowest BCUT2D eigenvalue weighted by Gasteiger charge is -2.02. The maximum Gasteiger partial charge on any atom is 0.158 e. The minimum absolute atomic E-state index is 0.796. The summed E-state index contributed by atoms with van der Waals surface area (Å²) in [5.74, 6) is 0.796. The highest BCUT2D eigenvalue weighted by Crippen LogP contribution is 2.31. The molecule has 0 aliphatic rings. The van der Waals surface area contributed by atoms with Gasteiger partial charge in [-0.05, 0) is 28.1 Å². The van der Waals surface area contributed by atoms with Gasteiger partial charge in [0, 0.05) is 5.39 Å². The van der Waals surface area contributed by atoms with Gasteiger partial charge in [0.15, 0.2) is 5.75 Å². The van der Waals surface area contributed by atoms with Crippen molar-refractivity contribution in [2.45, 2.75) is 0 Å². The zero-order valence-corrected chi connectivity index (χ0v) is 8.05. The molecule has 12 heavy (non-hydrogen) atoms. The van der Waals surface area contributed by atoms with Crippen LogP contribution in [0, 0.1) is 0 Å². The largest absolute Gasteiger partial charge is 0.493 e. The predicted molar refractivity (Wildman–Crippen MR) is 50.3 cm³/mol. The molecule has 0 saturated carbocycles. The number of aromatic nitrogens is 2. The number of rotatable bonds is 1. The number of fused-ring (bicyclic) bond motifs is 1. The van der Waals surface area contributed by atoms with E-state index in [9.17, 15) is 0 Å². The van der Waals surface area contributed by atoms with Gasteiger partial charge in [0.05, 0.1) is 17.8 Å². The maximum absolute atomic E-state index is 5.20. The second-order valence-electron chi connectivity index (χ2n) is 2.41. The molecule has 1 heterocycles.